The van der Waals surface area contributed by atoms with Crippen LogP contribution in [0.2, 0.25) is 0 Å². The highest BCUT2D eigenvalue weighted by atomic mass is 32.2. The molecule has 1 unspecified atom stereocenters. The fraction of sp³-hybridized carbons (Fsp3) is 0.368. The summed E-state index contributed by atoms with van der Waals surface area (Å²) in [6.07, 6.45) is 2.40. The molecule has 134 valence electrons. The lowest BCUT2D eigenvalue weighted by Gasteiger charge is -2.12. The fourth-order valence-corrected chi connectivity index (χ4v) is 5.13. The second kappa shape index (κ2) is 7.22. The van der Waals surface area contributed by atoms with E-state index in [1.807, 2.05) is 0 Å². The Bertz CT molecular complexity index is 847. The maximum atomic E-state index is 13.8. The zero-order valence-electron chi connectivity index (χ0n) is 13.7. The van der Waals surface area contributed by atoms with Crippen molar-refractivity contribution < 1.29 is 22.3 Å². The number of rotatable bonds is 5. The highest BCUT2D eigenvalue weighted by molar-refractivity contribution is 7.91. The van der Waals surface area contributed by atoms with Gasteiger partial charge in [0, 0.05) is 18.2 Å². The average molecular weight is 366 g/mol. The van der Waals surface area contributed by atoms with Crippen LogP contribution >= 0.6 is 0 Å². The van der Waals surface area contributed by atoms with Crippen LogP contribution in [0.25, 0.3) is 11.1 Å². The van der Waals surface area contributed by atoms with Gasteiger partial charge in [0.05, 0.1) is 10.6 Å². The number of benzene rings is 2. The number of hydrogen-bond donors (Lipinski definition) is 1. The van der Waals surface area contributed by atoms with Gasteiger partial charge in [0.2, 0.25) is 0 Å². The molecule has 0 bridgehead atoms. The maximum absolute atomic E-state index is 13.8. The third-order valence-corrected chi connectivity index (χ3v) is 6.72. The van der Waals surface area contributed by atoms with Crippen molar-refractivity contribution in [1.29, 1.82) is 0 Å². The smallest absolute Gasteiger partial charge is 0.178 e. The van der Waals surface area contributed by atoms with Crippen molar-refractivity contribution in [1.82, 2.24) is 0 Å². The number of hydrogen-bond acceptors (Lipinski definition) is 3. The lowest BCUT2D eigenvalue weighted by Crippen LogP contribution is -2.15. The van der Waals surface area contributed by atoms with Crippen molar-refractivity contribution in [2.45, 2.75) is 24.2 Å². The van der Waals surface area contributed by atoms with Crippen LogP contribution in [0.3, 0.4) is 0 Å². The molecule has 1 N–H and O–H groups in total. The Labute approximate surface area is 146 Å². The molecule has 0 aliphatic heterocycles. The first kappa shape index (κ1) is 18.0. The average Bonchev–Trinajstić information content (AvgIpc) is 3.02. The third kappa shape index (κ3) is 4.07. The molecule has 2 aromatic carbocycles. The van der Waals surface area contributed by atoms with Crippen molar-refractivity contribution >= 4 is 9.84 Å². The second-order valence-corrected chi connectivity index (χ2v) is 8.69. The first-order valence-electron chi connectivity index (χ1n) is 8.28. The van der Waals surface area contributed by atoms with E-state index in [0.717, 1.165) is 25.3 Å². The van der Waals surface area contributed by atoms with Gasteiger partial charge < -0.3 is 5.11 Å². The Hall–Kier alpha value is -1.79. The Morgan fingerprint density at radius 3 is 2.28 bits per heavy atom. The van der Waals surface area contributed by atoms with Gasteiger partial charge in [-0.25, -0.2) is 17.2 Å². The molecule has 1 aliphatic rings. The standard InChI is InChI=1S/C19H20F2O3S/c20-16-5-8-18(19(21)10-16)15-3-6-17(7-4-15)25(23,24)12-14-2-1-13(9-14)11-22/h3-8,10,13-14,22H,1-2,9,11-12H2/t13-,14?/m0/s1. The Kier molecular flexibility index (Phi) is 5.20. The van der Waals surface area contributed by atoms with Gasteiger partial charge in [-0.3, -0.25) is 0 Å². The van der Waals surface area contributed by atoms with Gasteiger partial charge in [-0.05, 0) is 60.9 Å². The predicted molar refractivity (Wildman–Crippen MR) is 91.8 cm³/mol. The minimum absolute atomic E-state index is 0.0633. The molecular weight excluding hydrogens is 346 g/mol. The molecule has 25 heavy (non-hydrogen) atoms. The highest BCUT2D eigenvalue weighted by Crippen LogP contribution is 2.33. The van der Waals surface area contributed by atoms with Gasteiger partial charge in [0.25, 0.3) is 0 Å². The largest absolute Gasteiger partial charge is 0.396 e. The molecule has 2 aromatic rings. The van der Waals surface area contributed by atoms with E-state index in [0.29, 0.717) is 5.56 Å². The molecule has 0 saturated heterocycles. The van der Waals surface area contributed by atoms with E-state index in [4.69, 9.17) is 0 Å². The van der Waals surface area contributed by atoms with Crippen LogP contribution in [-0.4, -0.2) is 25.9 Å². The van der Waals surface area contributed by atoms with E-state index in [-0.39, 0.29) is 34.7 Å². The topological polar surface area (TPSA) is 54.4 Å². The third-order valence-electron chi connectivity index (χ3n) is 4.82. The Morgan fingerprint density at radius 2 is 1.68 bits per heavy atom. The summed E-state index contributed by atoms with van der Waals surface area (Å²) in [7, 11) is -3.43. The van der Waals surface area contributed by atoms with Gasteiger partial charge >= 0.3 is 0 Å². The minimum atomic E-state index is -3.43. The SMILES string of the molecule is O=S(=O)(CC1CC[C@H](CO)C1)c1ccc(-c2ccc(F)cc2F)cc1. The van der Waals surface area contributed by atoms with E-state index in [2.05, 4.69) is 0 Å². The second-order valence-electron chi connectivity index (χ2n) is 6.66. The highest BCUT2D eigenvalue weighted by Gasteiger charge is 2.29. The summed E-state index contributed by atoms with van der Waals surface area (Å²) in [5.41, 5.74) is 0.726. The van der Waals surface area contributed by atoms with E-state index in [1.54, 1.807) is 0 Å². The van der Waals surface area contributed by atoms with E-state index < -0.39 is 21.5 Å². The molecular formula is C19H20F2O3S. The Morgan fingerprint density at radius 1 is 1.00 bits per heavy atom. The van der Waals surface area contributed by atoms with Crippen LogP contribution in [0.5, 0.6) is 0 Å². The van der Waals surface area contributed by atoms with E-state index in [1.165, 1.54) is 36.4 Å². The molecule has 0 aromatic heterocycles. The monoisotopic (exact) mass is 366 g/mol. The van der Waals surface area contributed by atoms with Gasteiger partial charge in [0.15, 0.2) is 9.84 Å². The zero-order valence-corrected chi connectivity index (χ0v) is 14.5. The van der Waals surface area contributed by atoms with Crippen molar-refractivity contribution in [2.24, 2.45) is 11.8 Å². The van der Waals surface area contributed by atoms with Gasteiger partial charge in [-0.2, -0.15) is 0 Å². The summed E-state index contributed by atoms with van der Waals surface area (Å²) < 4.78 is 51.9. The molecule has 0 heterocycles. The number of sulfone groups is 1. The predicted octanol–water partition coefficient (Wildman–Crippen LogP) is 3.81. The first-order chi connectivity index (χ1) is 11.9. The van der Waals surface area contributed by atoms with Crippen LogP contribution < -0.4 is 0 Å². The molecule has 6 heteroatoms. The minimum Gasteiger partial charge on any atom is -0.396 e. The Balaban J connectivity index is 1.77. The van der Waals surface area contributed by atoms with Gasteiger partial charge in [-0.1, -0.05) is 12.1 Å². The molecule has 1 aliphatic carbocycles. The van der Waals surface area contributed by atoms with Crippen LogP contribution in [0.15, 0.2) is 47.4 Å². The van der Waals surface area contributed by atoms with Gasteiger partial charge in [-0.15, -0.1) is 0 Å². The fourth-order valence-electron chi connectivity index (χ4n) is 3.47. The molecule has 1 saturated carbocycles. The number of aliphatic hydroxyl groups excluding tert-OH is 1. The molecule has 0 amide bonds. The lowest BCUT2D eigenvalue weighted by molar-refractivity contribution is 0.227. The van der Waals surface area contributed by atoms with Crippen LogP contribution in [-0.2, 0) is 9.84 Å². The van der Waals surface area contributed by atoms with Crippen LogP contribution in [0.4, 0.5) is 8.78 Å². The molecule has 0 spiro atoms. The summed E-state index contributed by atoms with van der Waals surface area (Å²) in [5, 5.41) is 9.17. The van der Waals surface area contributed by atoms with Crippen molar-refractivity contribution in [3.8, 4) is 11.1 Å². The number of aliphatic hydroxyl groups is 1. The summed E-state index contributed by atoms with van der Waals surface area (Å²) in [6.45, 7) is 0.106. The number of halogens is 2. The maximum Gasteiger partial charge on any atom is 0.178 e. The summed E-state index contributed by atoms with van der Waals surface area (Å²) in [6, 6.07) is 9.31. The lowest BCUT2D eigenvalue weighted by atomic mass is 10.1. The zero-order chi connectivity index (χ0) is 18.0. The van der Waals surface area contributed by atoms with Crippen LogP contribution in [0, 0.1) is 23.5 Å². The molecule has 2 atom stereocenters. The molecule has 3 nitrogen and oxygen atoms in total. The quantitative estimate of drug-likeness (QED) is 0.875. The van der Waals surface area contributed by atoms with Gasteiger partial charge in [0.1, 0.15) is 11.6 Å². The van der Waals surface area contributed by atoms with E-state index in [9.17, 15) is 22.3 Å². The van der Waals surface area contributed by atoms with Crippen LogP contribution in [0.1, 0.15) is 19.3 Å². The van der Waals surface area contributed by atoms with Crippen molar-refractivity contribution in [3.63, 3.8) is 0 Å². The normalized spacial score (nSPS) is 20.8. The molecule has 3 rings (SSSR count). The summed E-state index contributed by atoms with van der Waals surface area (Å²) >= 11 is 0. The van der Waals surface area contributed by atoms with Crippen molar-refractivity contribution in [3.05, 3.63) is 54.1 Å². The van der Waals surface area contributed by atoms with Crippen molar-refractivity contribution in [2.75, 3.05) is 12.4 Å². The first-order valence-corrected chi connectivity index (χ1v) is 9.93. The van der Waals surface area contributed by atoms with E-state index >= 15 is 0 Å². The molecule has 0 radical (unpaired) electrons. The summed E-state index contributed by atoms with van der Waals surface area (Å²) in [5.74, 6) is -1.01. The summed E-state index contributed by atoms with van der Waals surface area (Å²) in [4.78, 5) is 0.200. The molecule has 1 fully saturated rings.